The van der Waals surface area contributed by atoms with Crippen LogP contribution in [0.2, 0.25) is 5.02 Å². The zero-order chi connectivity index (χ0) is 15.1. The highest BCUT2D eigenvalue weighted by Crippen LogP contribution is 2.49. The summed E-state index contributed by atoms with van der Waals surface area (Å²) in [6.07, 6.45) is 0. The first kappa shape index (κ1) is 14.2. The first-order valence-electron chi connectivity index (χ1n) is 6.40. The Kier molecular flexibility index (Phi) is 3.51. The van der Waals surface area contributed by atoms with Crippen LogP contribution in [0.25, 0.3) is 0 Å². The molecule has 0 atom stereocenters. The van der Waals surface area contributed by atoms with E-state index in [9.17, 15) is 9.59 Å². The highest BCUT2D eigenvalue weighted by molar-refractivity contribution is 7.99. The van der Waals surface area contributed by atoms with Crippen molar-refractivity contribution in [1.29, 1.82) is 0 Å². The lowest BCUT2D eigenvalue weighted by Gasteiger charge is -2.30. The minimum atomic E-state index is -0.110. The van der Waals surface area contributed by atoms with Crippen molar-refractivity contribution >= 4 is 46.4 Å². The molecule has 3 nitrogen and oxygen atoms in total. The van der Waals surface area contributed by atoms with Crippen molar-refractivity contribution in [1.82, 2.24) is 0 Å². The molecule has 0 N–H and O–H groups in total. The van der Waals surface area contributed by atoms with E-state index in [2.05, 4.69) is 0 Å². The van der Waals surface area contributed by atoms with Gasteiger partial charge in [0.25, 0.3) is 0 Å². The Morgan fingerprint density at radius 2 is 1.62 bits per heavy atom. The van der Waals surface area contributed by atoms with Crippen molar-refractivity contribution in [2.45, 2.75) is 23.6 Å². The summed E-state index contributed by atoms with van der Waals surface area (Å²) in [4.78, 5) is 27.2. The molecule has 1 heterocycles. The summed E-state index contributed by atoms with van der Waals surface area (Å²) in [5, 5.41) is 0.576. The van der Waals surface area contributed by atoms with E-state index in [0.29, 0.717) is 10.6 Å². The first-order valence-corrected chi connectivity index (χ1v) is 7.60. The third-order valence-electron chi connectivity index (χ3n) is 3.30. The van der Waals surface area contributed by atoms with Crippen molar-refractivity contribution < 1.29 is 9.59 Å². The van der Waals surface area contributed by atoms with E-state index < -0.39 is 0 Å². The van der Waals surface area contributed by atoms with Gasteiger partial charge in [-0.05, 0) is 37.3 Å². The fourth-order valence-corrected chi connectivity index (χ4v) is 3.52. The molecule has 106 valence electrons. The van der Waals surface area contributed by atoms with E-state index >= 15 is 0 Å². The van der Waals surface area contributed by atoms with Gasteiger partial charge in [-0.3, -0.25) is 14.5 Å². The third kappa shape index (κ3) is 2.45. The fraction of sp³-hybridized carbons (Fsp3) is 0.125. The second kappa shape index (κ2) is 5.20. The van der Waals surface area contributed by atoms with Crippen LogP contribution in [0.15, 0.2) is 46.2 Å². The lowest BCUT2D eigenvalue weighted by atomic mass is 10.1. The van der Waals surface area contributed by atoms with Crippen molar-refractivity contribution in [3.05, 3.63) is 47.0 Å². The maximum atomic E-state index is 12.1. The molecular weight excluding hydrogens is 306 g/mol. The predicted octanol–water partition coefficient (Wildman–Crippen LogP) is 4.69. The summed E-state index contributed by atoms with van der Waals surface area (Å²) < 4.78 is 0. The number of carbonyl (C=O) groups excluding carboxylic acids is 2. The lowest BCUT2D eigenvalue weighted by Crippen LogP contribution is -2.26. The summed E-state index contributed by atoms with van der Waals surface area (Å²) in [5.41, 5.74) is 2.08. The lowest BCUT2D eigenvalue weighted by molar-refractivity contribution is -0.115. The van der Waals surface area contributed by atoms with Crippen LogP contribution in [-0.4, -0.2) is 11.7 Å². The molecule has 1 aliphatic heterocycles. The van der Waals surface area contributed by atoms with Gasteiger partial charge in [0, 0.05) is 27.3 Å². The predicted molar refractivity (Wildman–Crippen MR) is 84.8 cm³/mol. The van der Waals surface area contributed by atoms with Gasteiger partial charge in [0.2, 0.25) is 5.91 Å². The molecule has 2 aromatic carbocycles. The SMILES string of the molecule is CC(=O)c1ccc2c(c1)N(C(C)=O)c1cc(Cl)ccc1S2. The minimum Gasteiger partial charge on any atom is -0.295 e. The number of Topliss-reactive ketones (excluding diaryl/α,β-unsaturated/α-hetero) is 1. The van der Waals surface area contributed by atoms with Crippen molar-refractivity contribution in [3.8, 4) is 0 Å². The highest BCUT2D eigenvalue weighted by atomic mass is 35.5. The molecule has 0 aliphatic carbocycles. The molecule has 2 aromatic rings. The van der Waals surface area contributed by atoms with Gasteiger partial charge in [0.15, 0.2) is 5.78 Å². The Morgan fingerprint density at radius 1 is 1.00 bits per heavy atom. The van der Waals surface area contributed by atoms with Gasteiger partial charge < -0.3 is 0 Å². The molecule has 0 bridgehead atoms. The van der Waals surface area contributed by atoms with Gasteiger partial charge in [0.1, 0.15) is 0 Å². The third-order valence-corrected chi connectivity index (χ3v) is 4.67. The standard InChI is InChI=1S/C16H12ClNO2S/c1-9(19)11-3-5-15-13(7-11)18(10(2)20)14-8-12(17)4-6-16(14)21-15/h3-8H,1-2H3. The number of anilines is 2. The summed E-state index contributed by atoms with van der Waals surface area (Å²) in [6, 6.07) is 10.9. The summed E-state index contributed by atoms with van der Waals surface area (Å²) in [6.45, 7) is 3.02. The van der Waals surface area contributed by atoms with Crippen LogP contribution in [0.4, 0.5) is 11.4 Å². The number of carbonyl (C=O) groups is 2. The monoisotopic (exact) mass is 317 g/mol. The molecule has 0 aromatic heterocycles. The summed E-state index contributed by atoms with van der Waals surface area (Å²) in [5.74, 6) is -0.135. The Bertz CT molecular complexity index is 773. The van der Waals surface area contributed by atoms with Crippen LogP contribution in [-0.2, 0) is 4.79 Å². The summed E-state index contributed by atoms with van der Waals surface area (Å²) >= 11 is 7.62. The molecular formula is C16H12ClNO2S. The maximum Gasteiger partial charge on any atom is 0.228 e. The van der Waals surface area contributed by atoms with Crippen LogP contribution >= 0.6 is 23.4 Å². The molecule has 21 heavy (non-hydrogen) atoms. The highest BCUT2D eigenvalue weighted by Gasteiger charge is 2.27. The van der Waals surface area contributed by atoms with Crippen molar-refractivity contribution in [3.63, 3.8) is 0 Å². The smallest absolute Gasteiger partial charge is 0.228 e. The number of amides is 1. The van der Waals surface area contributed by atoms with Crippen molar-refractivity contribution in [2.75, 3.05) is 4.90 Å². The summed E-state index contributed by atoms with van der Waals surface area (Å²) in [7, 11) is 0. The average molecular weight is 318 g/mol. The van der Waals surface area contributed by atoms with E-state index in [-0.39, 0.29) is 11.7 Å². The maximum absolute atomic E-state index is 12.1. The van der Waals surface area contributed by atoms with Gasteiger partial charge in [-0.2, -0.15) is 0 Å². The average Bonchev–Trinajstić information content (AvgIpc) is 2.43. The molecule has 0 saturated carbocycles. The zero-order valence-corrected chi connectivity index (χ0v) is 13.1. The van der Waals surface area contributed by atoms with Gasteiger partial charge in [-0.25, -0.2) is 0 Å². The van der Waals surface area contributed by atoms with Crippen LogP contribution in [0.5, 0.6) is 0 Å². The number of ketones is 1. The minimum absolute atomic E-state index is 0.0248. The molecule has 0 spiro atoms. The van der Waals surface area contributed by atoms with Crippen molar-refractivity contribution in [2.24, 2.45) is 0 Å². The molecule has 1 aliphatic rings. The molecule has 0 unspecified atom stereocenters. The fourth-order valence-electron chi connectivity index (χ4n) is 2.34. The number of hydrogen-bond donors (Lipinski definition) is 0. The van der Waals surface area contributed by atoms with Crippen LogP contribution < -0.4 is 4.90 Å². The van der Waals surface area contributed by atoms with E-state index in [1.54, 1.807) is 40.9 Å². The second-order valence-electron chi connectivity index (χ2n) is 4.81. The molecule has 5 heteroatoms. The Balaban J connectivity index is 2.23. The normalized spacial score (nSPS) is 12.6. The topological polar surface area (TPSA) is 37.4 Å². The van der Waals surface area contributed by atoms with Crippen LogP contribution in [0.1, 0.15) is 24.2 Å². The number of rotatable bonds is 1. The Morgan fingerprint density at radius 3 is 2.24 bits per heavy atom. The second-order valence-corrected chi connectivity index (χ2v) is 6.33. The first-order chi connectivity index (χ1) is 9.97. The van der Waals surface area contributed by atoms with E-state index in [1.165, 1.54) is 13.8 Å². The van der Waals surface area contributed by atoms with E-state index in [4.69, 9.17) is 11.6 Å². The quantitative estimate of drug-likeness (QED) is 0.716. The van der Waals surface area contributed by atoms with Gasteiger partial charge >= 0.3 is 0 Å². The largest absolute Gasteiger partial charge is 0.295 e. The number of benzene rings is 2. The number of nitrogens with zero attached hydrogens (tertiary/aromatic N) is 1. The molecule has 0 saturated heterocycles. The van der Waals surface area contributed by atoms with Gasteiger partial charge in [-0.1, -0.05) is 29.4 Å². The molecule has 0 fully saturated rings. The van der Waals surface area contributed by atoms with Gasteiger partial charge in [0.05, 0.1) is 11.4 Å². The zero-order valence-electron chi connectivity index (χ0n) is 11.5. The van der Waals surface area contributed by atoms with E-state index in [1.807, 2.05) is 12.1 Å². The van der Waals surface area contributed by atoms with Crippen LogP contribution in [0, 0.1) is 0 Å². The Hall–Kier alpha value is -1.78. The molecule has 1 amide bonds. The van der Waals surface area contributed by atoms with Crippen LogP contribution in [0.3, 0.4) is 0 Å². The number of fused-ring (bicyclic) bond motifs is 2. The molecule has 0 radical (unpaired) electrons. The Labute approximate surface area is 131 Å². The van der Waals surface area contributed by atoms with E-state index in [0.717, 1.165) is 21.2 Å². The number of hydrogen-bond acceptors (Lipinski definition) is 3. The molecule has 3 rings (SSSR count). The van der Waals surface area contributed by atoms with Gasteiger partial charge in [-0.15, -0.1) is 0 Å². The number of halogens is 1.